The molecule has 1 aromatic carbocycles. The van der Waals surface area contributed by atoms with E-state index in [9.17, 15) is 4.39 Å². The first-order valence-corrected chi connectivity index (χ1v) is 5.52. The maximum absolute atomic E-state index is 13.1. The van der Waals surface area contributed by atoms with E-state index in [1.807, 2.05) is 13.8 Å². The van der Waals surface area contributed by atoms with Gasteiger partial charge in [-0.05, 0) is 19.9 Å². The number of hydrogen-bond donors (Lipinski definition) is 2. The van der Waals surface area contributed by atoms with E-state index in [1.165, 1.54) is 12.1 Å². The van der Waals surface area contributed by atoms with Crippen LogP contribution in [0.3, 0.4) is 0 Å². The predicted molar refractivity (Wildman–Crippen MR) is 71.5 cm³/mol. The molecule has 92 valence electrons. The molecule has 1 unspecified atom stereocenters. The van der Waals surface area contributed by atoms with Gasteiger partial charge in [0, 0.05) is 26.5 Å². The highest BCUT2D eigenvalue weighted by atomic mass is 31.0. The number of halogens is 1. The van der Waals surface area contributed by atoms with Crippen molar-refractivity contribution in [1.29, 1.82) is 0 Å². The molecule has 0 fully saturated rings. The average molecular weight is 254 g/mol. The molecule has 17 heavy (non-hydrogen) atoms. The third kappa shape index (κ3) is 3.89. The Morgan fingerprint density at radius 2 is 2.00 bits per heavy atom. The van der Waals surface area contributed by atoms with Gasteiger partial charge < -0.3 is 16.0 Å². The molecule has 0 aromatic heterocycles. The predicted octanol–water partition coefficient (Wildman–Crippen LogP) is 2.17. The minimum atomic E-state index is -0.527. The first-order chi connectivity index (χ1) is 7.85. The number of nitrogens with two attached hydrogens (primary N) is 2. The van der Waals surface area contributed by atoms with Crippen molar-refractivity contribution >= 4 is 20.8 Å². The summed E-state index contributed by atoms with van der Waals surface area (Å²) >= 11 is 0. The molecule has 0 saturated heterocycles. The Balaban J connectivity index is 3.04. The van der Waals surface area contributed by atoms with Crippen LogP contribution in [0.25, 0.3) is 0 Å². The highest BCUT2D eigenvalue weighted by Gasteiger charge is 2.13. The third-order valence-corrected chi connectivity index (χ3v) is 2.32. The number of nitrogen functional groups attached to an aromatic ring is 2. The lowest BCUT2D eigenvalue weighted by molar-refractivity contribution is 0.263. The normalized spacial score (nSPS) is 10.8. The van der Waals surface area contributed by atoms with Crippen molar-refractivity contribution in [3.8, 4) is 11.8 Å². The molecule has 0 bridgehead atoms. The zero-order chi connectivity index (χ0) is 13.1. The summed E-state index contributed by atoms with van der Waals surface area (Å²) in [6.07, 6.45) is 0. The lowest BCUT2D eigenvalue weighted by Gasteiger charge is -2.15. The summed E-state index contributed by atoms with van der Waals surface area (Å²) in [5.41, 5.74) is 11.7. The Kier molecular flexibility index (Phi) is 4.34. The van der Waals surface area contributed by atoms with Crippen molar-refractivity contribution in [3.05, 3.63) is 23.5 Å². The summed E-state index contributed by atoms with van der Waals surface area (Å²) in [7, 11) is 2.18. The van der Waals surface area contributed by atoms with Gasteiger partial charge in [0.05, 0.1) is 18.0 Å². The van der Waals surface area contributed by atoms with Crippen LogP contribution in [0.4, 0.5) is 15.8 Å². The SMILES string of the molecule is CC(C)(C#Cc1cc(N)c(F)cc1N)COP. The minimum Gasteiger partial charge on any atom is -0.398 e. The highest BCUT2D eigenvalue weighted by Crippen LogP contribution is 2.20. The van der Waals surface area contributed by atoms with Gasteiger partial charge in [0.25, 0.3) is 0 Å². The van der Waals surface area contributed by atoms with Gasteiger partial charge in [-0.1, -0.05) is 11.8 Å². The molecular formula is C12H16FN2OP. The topological polar surface area (TPSA) is 61.3 Å². The molecule has 0 aliphatic heterocycles. The molecule has 0 spiro atoms. The molecule has 1 rings (SSSR count). The van der Waals surface area contributed by atoms with Crippen LogP contribution in [0.15, 0.2) is 12.1 Å². The zero-order valence-electron chi connectivity index (χ0n) is 9.88. The molecule has 4 N–H and O–H groups in total. The van der Waals surface area contributed by atoms with Crippen molar-refractivity contribution < 1.29 is 8.91 Å². The van der Waals surface area contributed by atoms with Crippen LogP contribution >= 0.6 is 9.47 Å². The maximum Gasteiger partial charge on any atom is 0.148 e. The largest absolute Gasteiger partial charge is 0.398 e. The molecule has 0 aliphatic rings. The van der Waals surface area contributed by atoms with E-state index in [1.54, 1.807) is 0 Å². The first-order valence-electron chi connectivity index (χ1n) is 5.05. The first kappa shape index (κ1) is 13.8. The molecule has 0 heterocycles. The van der Waals surface area contributed by atoms with Crippen molar-refractivity contribution in [3.63, 3.8) is 0 Å². The van der Waals surface area contributed by atoms with Crippen molar-refractivity contribution in [2.45, 2.75) is 13.8 Å². The summed E-state index contributed by atoms with van der Waals surface area (Å²) in [6, 6.07) is 2.62. The Labute approximate surface area is 103 Å². The summed E-state index contributed by atoms with van der Waals surface area (Å²) in [5.74, 6) is 5.39. The van der Waals surface area contributed by atoms with E-state index in [-0.39, 0.29) is 16.8 Å². The second-order valence-corrected chi connectivity index (χ2v) is 4.74. The molecule has 5 heteroatoms. The van der Waals surface area contributed by atoms with Crippen LogP contribution in [0.1, 0.15) is 19.4 Å². The summed E-state index contributed by atoms with van der Waals surface area (Å²) < 4.78 is 18.0. The molecule has 0 radical (unpaired) electrons. The van der Waals surface area contributed by atoms with Crippen LogP contribution in [0.5, 0.6) is 0 Å². The summed E-state index contributed by atoms with van der Waals surface area (Å²) in [6.45, 7) is 4.35. The second-order valence-electron chi connectivity index (χ2n) is 4.41. The highest BCUT2D eigenvalue weighted by molar-refractivity contribution is 7.09. The Morgan fingerprint density at radius 1 is 1.35 bits per heavy atom. The van der Waals surface area contributed by atoms with Gasteiger partial charge in [-0.2, -0.15) is 0 Å². The Morgan fingerprint density at radius 3 is 2.59 bits per heavy atom. The van der Waals surface area contributed by atoms with Crippen LogP contribution < -0.4 is 11.5 Å². The monoisotopic (exact) mass is 254 g/mol. The molecule has 0 amide bonds. The molecule has 0 aliphatic carbocycles. The fraction of sp³-hybridized carbons (Fsp3) is 0.333. The van der Waals surface area contributed by atoms with E-state index in [2.05, 4.69) is 21.3 Å². The van der Waals surface area contributed by atoms with Crippen molar-refractivity contribution in [2.24, 2.45) is 5.41 Å². The fourth-order valence-corrected chi connectivity index (χ4v) is 1.61. The van der Waals surface area contributed by atoms with Gasteiger partial charge >= 0.3 is 0 Å². The van der Waals surface area contributed by atoms with Crippen LogP contribution in [-0.4, -0.2) is 6.61 Å². The van der Waals surface area contributed by atoms with Crippen LogP contribution in [0, 0.1) is 23.1 Å². The second kappa shape index (κ2) is 5.35. The van der Waals surface area contributed by atoms with Gasteiger partial charge in [0.1, 0.15) is 5.82 Å². The summed E-state index contributed by atoms with van der Waals surface area (Å²) in [4.78, 5) is 0. The van der Waals surface area contributed by atoms with Gasteiger partial charge in [-0.25, -0.2) is 4.39 Å². The Hall–Kier alpha value is -1.30. The molecular weight excluding hydrogens is 238 g/mol. The smallest absolute Gasteiger partial charge is 0.148 e. The van der Waals surface area contributed by atoms with Crippen molar-refractivity contribution in [1.82, 2.24) is 0 Å². The van der Waals surface area contributed by atoms with Gasteiger partial charge in [0.15, 0.2) is 0 Å². The minimum absolute atomic E-state index is 0.0450. The number of benzene rings is 1. The molecule has 3 nitrogen and oxygen atoms in total. The van der Waals surface area contributed by atoms with Gasteiger partial charge in [-0.15, -0.1) is 0 Å². The van der Waals surface area contributed by atoms with Gasteiger partial charge in [0.2, 0.25) is 0 Å². The van der Waals surface area contributed by atoms with E-state index in [0.29, 0.717) is 12.2 Å². The van der Waals surface area contributed by atoms with Gasteiger partial charge in [-0.3, -0.25) is 0 Å². The third-order valence-electron chi connectivity index (χ3n) is 2.15. The quantitative estimate of drug-likeness (QED) is 0.483. The number of anilines is 2. The molecule has 0 saturated carbocycles. The van der Waals surface area contributed by atoms with Crippen LogP contribution in [0.2, 0.25) is 0 Å². The zero-order valence-corrected chi connectivity index (χ0v) is 11.0. The standard InChI is InChI=1S/C12H16FN2OP/c1-12(2,7-16-17)4-3-8-5-11(15)9(13)6-10(8)14/h5-6H,7,14-15,17H2,1-2H3. The van der Waals surface area contributed by atoms with Crippen molar-refractivity contribution in [2.75, 3.05) is 18.1 Å². The average Bonchev–Trinajstić information content (AvgIpc) is 2.21. The lowest BCUT2D eigenvalue weighted by atomic mass is 9.95. The molecule has 1 atom stereocenters. The number of hydrogen-bond acceptors (Lipinski definition) is 3. The van der Waals surface area contributed by atoms with Crippen LogP contribution in [-0.2, 0) is 4.52 Å². The molecule has 1 aromatic rings. The van der Waals surface area contributed by atoms with E-state index in [4.69, 9.17) is 16.0 Å². The number of rotatable bonds is 2. The van der Waals surface area contributed by atoms with E-state index >= 15 is 0 Å². The summed E-state index contributed by atoms with van der Waals surface area (Å²) in [5, 5.41) is 0. The van der Waals surface area contributed by atoms with E-state index < -0.39 is 5.82 Å². The maximum atomic E-state index is 13.1. The lowest BCUT2D eigenvalue weighted by Crippen LogP contribution is -2.14. The Bertz CT molecular complexity index is 477. The fourth-order valence-electron chi connectivity index (χ4n) is 1.19. The van der Waals surface area contributed by atoms with E-state index in [0.717, 1.165) is 0 Å².